The SMILES string of the molecule is CCc1cc(O)c(CC=O)cc1Br. The van der Waals surface area contributed by atoms with E-state index in [0.29, 0.717) is 5.56 Å². The highest BCUT2D eigenvalue weighted by Crippen LogP contribution is 2.26. The molecule has 1 N–H and O–H groups in total. The van der Waals surface area contributed by atoms with Gasteiger partial charge in [-0.3, -0.25) is 0 Å². The van der Waals surface area contributed by atoms with Gasteiger partial charge in [-0.05, 0) is 24.1 Å². The minimum Gasteiger partial charge on any atom is -0.508 e. The molecule has 0 aliphatic heterocycles. The van der Waals surface area contributed by atoms with Crippen LogP contribution in [0.4, 0.5) is 0 Å². The Bertz CT molecular complexity index is 321. The molecule has 0 saturated carbocycles. The van der Waals surface area contributed by atoms with Crippen LogP contribution < -0.4 is 0 Å². The molecule has 3 heteroatoms. The molecule has 0 aliphatic carbocycles. The summed E-state index contributed by atoms with van der Waals surface area (Å²) in [6.45, 7) is 2.01. The van der Waals surface area contributed by atoms with Crippen LogP contribution in [0.2, 0.25) is 0 Å². The van der Waals surface area contributed by atoms with Gasteiger partial charge in [-0.15, -0.1) is 0 Å². The fourth-order valence-electron chi connectivity index (χ4n) is 1.17. The van der Waals surface area contributed by atoms with Gasteiger partial charge >= 0.3 is 0 Å². The smallest absolute Gasteiger partial charge is 0.124 e. The molecule has 0 aromatic heterocycles. The number of aryl methyl sites for hydroxylation is 1. The van der Waals surface area contributed by atoms with Gasteiger partial charge in [0.2, 0.25) is 0 Å². The highest BCUT2D eigenvalue weighted by atomic mass is 79.9. The van der Waals surface area contributed by atoms with E-state index in [0.717, 1.165) is 22.7 Å². The molecule has 1 aromatic carbocycles. The molecule has 0 bridgehead atoms. The first-order valence-electron chi connectivity index (χ1n) is 4.13. The van der Waals surface area contributed by atoms with E-state index in [9.17, 15) is 9.90 Å². The lowest BCUT2D eigenvalue weighted by atomic mass is 10.1. The van der Waals surface area contributed by atoms with Crippen molar-refractivity contribution >= 4 is 22.2 Å². The Kier molecular flexibility index (Phi) is 3.48. The zero-order chi connectivity index (χ0) is 9.84. The number of halogens is 1. The van der Waals surface area contributed by atoms with Gasteiger partial charge in [0.15, 0.2) is 0 Å². The Labute approximate surface area is 85.7 Å². The summed E-state index contributed by atoms with van der Waals surface area (Å²) >= 11 is 3.38. The van der Waals surface area contributed by atoms with Crippen LogP contribution >= 0.6 is 15.9 Å². The Hall–Kier alpha value is -0.830. The Balaban J connectivity index is 3.12. The van der Waals surface area contributed by atoms with Crippen LogP contribution in [0.3, 0.4) is 0 Å². The fraction of sp³-hybridized carbons (Fsp3) is 0.300. The molecule has 0 amide bonds. The van der Waals surface area contributed by atoms with E-state index in [4.69, 9.17) is 0 Å². The lowest BCUT2D eigenvalue weighted by Gasteiger charge is -2.06. The zero-order valence-corrected chi connectivity index (χ0v) is 8.97. The number of carbonyl (C=O) groups excluding carboxylic acids is 1. The van der Waals surface area contributed by atoms with Crippen molar-refractivity contribution in [1.29, 1.82) is 0 Å². The summed E-state index contributed by atoms with van der Waals surface area (Å²) < 4.78 is 0.949. The number of benzene rings is 1. The van der Waals surface area contributed by atoms with Crippen LogP contribution in [-0.2, 0) is 17.6 Å². The van der Waals surface area contributed by atoms with Crippen molar-refractivity contribution in [3.63, 3.8) is 0 Å². The number of hydrogen-bond donors (Lipinski definition) is 1. The van der Waals surface area contributed by atoms with E-state index in [2.05, 4.69) is 15.9 Å². The molecule has 0 atom stereocenters. The highest BCUT2D eigenvalue weighted by molar-refractivity contribution is 9.10. The fourth-order valence-corrected chi connectivity index (χ4v) is 1.84. The van der Waals surface area contributed by atoms with Crippen molar-refractivity contribution in [2.24, 2.45) is 0 Å². The minimum absolute atomic E-state index is 0.201. The number of aldehydes is 1. The maximum absolute atomic E-state index is 10.3. The van der Waals surface area contributed by atoms with Crippen molar-refractivity contribution < 1.29 is 9.90 Å². The normalized spacial score (nSPS) is 10.0. The number of phenols is 1. The summed E-state index contributed by atoms with van der Waals surface area (Å²) in [4.78, 5) is 10.3. The average molecular weight is 243 g/mol. The van der Waals surface area contributed by atoms with Crippen molar-refractivity contribution in [3.05, 3.63) is 27.7 Å². The van der Waals surface area contributed by atoms with E-state index >= 15 is 0 Å². The molecule has 1 rings (SSSR count). The summed E-state index contributed by atoms with van der Waals surface area (Å²) in [7, 11) is 0. The van der Waals surface area contributed by atoms with E-state index in [1.807, 2.05) is 6.92 Å². The topological polar surface area (TPSA) is 37.3 Å². The first kappa shape index (κ1) is 10.3. The summed E-state index contributed by atoms with van der Waals surface area (Å²) in [5, 5.41) is 9.50. The zero-order valence-electron chi connectivity index (χ0n) is 7.38. The third kappa shape index (κ3) is 2.31. The van der Waals surface area contributed by atoms with Gasteiger partial charge in [0, 0.05) is 16.5 Å². The molecular weight excluding hydrogens is 232 g/mol. The van der Waals surface area contributed by atoms with Gasteiger partial charge in [-0.25, -0.2) is 0 Å². The molecule has 1 aromatic rings. The van der Waals surface area contributed by atoms with Crippen LogP contribution in [0, 0.1) is 0 Å². The Morgan fingerprint density at radius 3 is 2.69 bits per heavy atom. The number of hydrogen-bond acceptors (Lipinski definition) is 2. The monoisotopic (exact) mass is 242 g/mol. The van der Waals surface area contributed by atoms with E-state index in [1.165, 1.54) is 0 Å². The van der Waals surface area contributed by atoms with Gasteiger partial charge in [-0.1, -0.05) is 22.9 Å². The average Bonchev–Trinajstić information content (AvgIpc) is 2.11. The second-order valence-corrected chi connectivity index (χ2v) is 3.65. The van der Waals surface area contributed by atoms with Crippen molar-refractivity contribution in [1.82, 2.24) is 0 Å². The van der Waals surface area contributed by atoms with E-state index < -0.39 is 0 Å². The molecule has 0 radical (unpaired) electrons. The maximum atomic E-state index is 10.3. The third-order valence-corrected chi connectivity index (χ3v) is 2.67. The largest absolute Gasteiger partial charge is 0.508 e. The van der Waals surface area contributed by atoms with Crippen molar-refractivity contribution in [2.75, 3.05) is 0 Å². The third-order valence-electron chi connectivity index (χ3n) is 1.93. The first-order chi connectivity index (χ1) is 6.19. The maximum Gasteiger partial charge on any atom is 0.124 e. The molecule has 0 saturated heterocycles. The van der Waals surface area contributed by atoms with Crippen LogP contribution in [0.25, 0.3) is 0 Å². The highest BCUT2D eigenvalue weighted by Gasteiger charge is 2.05. The number of rotatable bonds is 3. The van der Waals surface area contributed by atoms with Crippen LogP contribution in [-0.4, -0.2) is 11.4 Å². The van der Waals surface area contributed by atoms with Gasteiger partial charge in [0.1, 0.15) is 12.0 Å². The van der Waals surface area contributed by atoms with Gasteiger partial charge in [0.05, 0.1) is 0 Å². The van der Waals surface area contributed by atoms with E-state index in [1.54, 1.807) is 12.1 Å². The summed E-state index contributed by atoms with van der Waals surface area (Å²) in [5.41, 5.74) is 1.71. The van der Waals surface area contributed by atoms with Crippen LogP contribution in [0.5, 0.6) is 5.75 Å². The second-order valence-electron chi connectivity index (χ2n) is 2.80. The quantitative estimate of drug-likeness (QED) is 0.828. The lowest BCUT2D eigenvalue weighted by molar-refractivity contribution is -0.107. The van der Waals surface area contributed by atoms with Gasteiger partial charge in [-0.2, -0.15) is 0 Å². The Morgan fingerprint density at radius 2 is 2.15 bits per heavy atom. The summed E-state index contributed by atoms with van der Waals surface area (Å²) in [6.07, 6.45) is 1.90. The Morgan fingerprint density at radius 1 is 1.46 bits per heavy atom. The number of phenolic OH excluding ortho intramolecular Hbond substituents is 1. The predicted octanol–water partition coefficient (Wildman–Crippen LogP) is 2.46. The molecule has 0 heterocycles. The standard InChI is InChI=1S/C10H11BrO2/c1-2-7-6-10(13)8(3-4-12)5-9(7)11/h4-6,13H,2-3H2,1H3. The summed E-state index contributed by atoms with van der Waals surface area (Å²) in [6, 6.07) is 3.49. The summed E-state index contributed by atoms with van der Waals surface area (Å²) in [5.74, 6) is 0.201. The van der Waals surface area contributed by atoms with Crippen molar-refractivity contribution in [3.8, 4) is 5.75 Å². The molecule has 2 nitrogen and oxygen atoms in total. The number of carbonyl (C=O) groups is 1. The van der Waals surface area contributed by atoms with Crippen molar-refractivity contribution in [2.45, 2.75) is 19.8 Å². The van der Waals surface area contributed by atoms with E-state index in [-0.39, 0.29) is 12.2 Å². The minimum atomic E-state index is 0.201. The van der Waals surface area contributed by atoms with Crippen LogP contribution in [0.1, 0.15) is 18.1 Å². The molecular formula is C10H11BrO2. The lowest BCUT2D eigenvalue weighted by Crippen LogP contribution is -1.90. The first-order valence-corrected chi connectivity index (χ1v) is 4.92. The molecule has 70 valence electrons. The molecule has 13 heavy (non-hydrogen) atoms. The van der Waals surface area contributed by atoms with Gasteiger partial charge in [0.25, 0.3) is 0 Å². The molecule has 0 unspecified atom stereocenters. The molecule has 0 spiro atoms. The van der Waals surface area contributed by atoms with Crippen LogP contribution in [0.15, 0.2) is 16.6 Å². The second kappa shape index (κ2) is 4.42. The van der Waals surface area contributed by atoms with Gasteiger partial charge < -0.3 is 9.90 Å². The predicted molar refractivity (Wildman–Crippen MR) is 55.0 cm³/mol. The molecule has 0 aliphatic rings. The number of aromatic hydroxyl groups is 1. The molecule has 0 fully saturated rings.